The summed E-state index contributed by atoms with van der Waals surface area (Å²) in [6.07, 6.45) is -2.02. The average Bonchev–Trinajstić information content (AvgIpc) is 2.92. The van der Waals surface area contributed by atoms with Gasteiger partial charge in [0.25, 0.3) is 0 Å². The van der Waals surface area contributed by atoms with Crippen molar-refractivity contribution in [1.82, 2.24) is 0 Å². The summed E-state index contributed by atoms with van der Waals surface area (Å²) in [6, 6.07) is 14.4. The molecule has 0 spiro atoms. The van der Waals surface area contributed by atoms with Gasteiger partial charge in [-0.1, -0.05) is 30.4 Å². The molecule has 5 atom stereocenters. The lowest BCUT2D eigenvalue weighted by atomic mass is 9.99. The molecule has 0 unspecified atom stereocenters. The Morgan fingerprint density at radius 2 is 1.38 bits per heavy atom. The summed E-state index contributed by atoms with van der Waals surface area (Å²) in [4.78, 5) is 12.1. The minimum atomic E-state index is -1.71. The minimum Gasteiger partial charge on any atom is -0.508 e. The van der Waals surface area contributed by atoms with Crippen LogP contribution in [-0.4, -0.2) is 79.0 Å². The second-order valence-corrected chi connectivity index (χ2v) is 9.03. The molecule has 0 amide bonds. The normalized spacial score (nSPS) is 22.9. The van der Waals surface area contributed by atoms with Crippen LogP contribution in [0.4, 0.5) is 0 Å². The van der Waals surface area contributed by atoms with Crippen molar-refractivity contribution in [3.05, 3.63) is 83.4 Å². The summed E-state index contributed by atoms with van der Waals surface area (Å²) in [6.45, 7) is -0.477. The molecule has 0 saturated carbocycles. The van der Waals surface area contributed by atoms with E-state index in [0.717, 1.165) is 6.08 Å². The zero-order valence-electron chi connectivity index (χ0n) is 20.9. The van der Waals surface area contributed by atoms with Crippen LogP contribution < -0.4 is 4.74 Å². The van der Waals surface area contributed by atoms with Crippen molar-refractivity contribution >= 4 is 24.2 Å². The average molecular weight is 553 g/mol. The van der Waals surface area contributed by atoms with Crippen molar-refractivity contribution in [1.29, 1.82) is 0 Å². The first-order valence-corrected chi connectivity index (χ1v) is 12.1. The Labute approximate surface area is 228 Å². The zero-order chi connectivity index (χ0) is 28.8. The molecule has 0 bridgehead atoms. The van der Waals surface area contributed by atoms with Gasteiger partial charge in [-0.15, -0.1) is 0 Å². The molecule has 11 heteroatoms. The fraction of sp³-hybridized carbons (Fsp3) is 0.207. The monoisotopic (exact) mass is 552 g/mol. The van der Waals surface area contributed by atoms with E-state index in [1.54, 1.807) is 30.4 Å². The molecular formula is C29H28O11. The fourth-order valence-electron chi connectivity index (χ4n) is 3.87. The number of benzene rings is 3. The smallest absolute Gasteiger partial charge is 0.330 e. The van der Waals surface area contributed by atoms with Crippen molar-refractivity contribution in [2.45, 2.75) is 30.7 Å². The molecule has 210 valence electrons. The molecule has 1 heterocycles. The number of hydrogen-bond acceptors (Lipinski definition) is 11. The second-order valence-electron chi connectivity index (χ2n) is 9.03. The molecule has 1 saturated heterocycles. The lowest BCUT2D eigenvalue weighted by molar-refractivity contribution is -0.278. The Balaban J connectivity index is 1.41. The molecule has 1 aliphatic heterocycles. The number of aromatic hydroxyl groups is 4. The number of aliphatic hydroxyl groups excluding tert-OH is 3. The van der Waals surface area contributed by atoms with Crippen LogP contribution in [0.15, 0.2) is 66.7 Å². The van der Waals surface area contributed by atoms with Gasteiger partial charge in [0, 0.05) is 12.1 Å². The predicted molar refractivity (Wildman–Crippen MR) is 142 cm³/mol. The maximum Gasteiger partial charge on any atom is 0.330 e. The lowest BCUT2D eigenvalue weighted by Crippen LogP contribution is -2.60. The summed E-state index contributed by atoms with van der Waals surface area (Å²) in [7, 11) is 0. The summed E-state index contributed by atoms with van der Waals surface area (Å²) < 4.78 is 16.3. The number of aliphatic hydroxyl groups is 3. The Kier molecular flexibility index (Phi) is 8.92. The SMILES string of the molecule is O=C(/C=C/c1ccc(O)cc1)OC[C@H]1O[C@@H](Oc2cc(/C=C/c3cc(O)cc(O)c3)ccc2O)[C@H](O)[C@@H](O)[C@@H]1O. The first-order chi connectivity index (χ1) is 19.1. The molecule has 7 N–H and O–H groups in total. The van der Waals surface area contributed by atoms with Gasteiger partial charge in [-0.25, -0.2) is 4.79 Å². The third-order valence-corrected chi connectivity index (χ3v) is 5.98. The molecule has 0 aromatic heterocycles. The van der Waals surface area contributed by atoms with Crippen molar-refractivity contribution in [2.75, 3.05) is 6.61 Å². The summed E-state index contributed by atoms with van der Waals surface area (Å²) in [5.74, 6) is -1.34. The van der Waals surface area contributed by atoms with Crippen molar-refractivity contribution in [3.8, 4) is 28.7 Å². The van der Waals surface area contributed by atoms with Gasteiger partial charge in [-0.2, -0.15) is 0 Å². The number of carbonyl (C=O) groups excluding carboxylic acids is 1. The maximum absolute atomic E-state index is 12.1. The Morgan fingerprint density at radius 1 is 0.725 bits per heavy atom. The number of ether oxygens (including phenoxy) is 3. The number of carbonyl (C=O) groups is 1. The Hall–Kier alpha value is -4.55. The highest BCUT2D eigenvalue weighted by Crippen LogP contribution is 2.32. The van der Waals surface area contributed by atoms with E-state index in [1.807, 2.05) is 0 Å². The van der Waals surface area contributed by atoms with Gasteiger partial charge < -0.3 is 50.0 Å². The largest absolute Gasteiger partial charge is 0.508 e. The number of phenolic OH excluding ortho intramolecular Hbond substituents is 4. The third kappa shape index (κ3) is 7.30. The van der Waals surface area contributed by atoms with Gasteiger partial charge in [-0.3, -0.25) is 0 Å². The van der Waals surface area contributed by atoms with Gasteiger partial charge in [0.1, 0.15) is 48.3 Å². The number of esters is 1. The molecule has 3 aromatic rings. The van der Waals surface area contributed by atoms with E-state index >= 15 is 0 Å². The van der Waals surface area contributed by atoms with Crippen molar-refractivity contribution in [2.24, 2.45) is 0 Å². The quantitative estimate of drug-likeness (QED) is 0.123. The van der Waals surface area contributed by atoms with Crippen molar-refractivity contribution < 1.29 is 54.8 Å². The van der Waals surface area contributed by atoms with E-state index in [-0.39, 0.29) is 28.7 Å². The van der Waals surface area contributed by atoms with Crippen LogP contribution in [0.25, 0.3) is 18.2 Å². The molecule has 40 heavy (non-hydrogen) atoms. The summed E-state index contributed by atoms with van der Waals surface area (Å²) >= 11 is 0. The first kappa shape index (κ1) is 28.5. The highest BCUT2D eigenvalue weighted by atomic mass is 16.7. The maximum atomic E-state index is 12.1. The highest BCUT2D eigenvalue weighted by Gasteiger charge is 2.45. The number of phenols is 4. The third-order valence-electron chi connectivity index (χ3n) is 5.98. The van der Waals surface area contributed by atoms with Gasteiger partial charge >= 0.3 is 5.97 Å². The van der Waals surface area contributed by atoms with Crippen LogP contribution in [0.5, 0.6) is 28.7 Å². The summed E-state index contributed by atoms with van der Waals surface area (Å²) in [5, 5.41) is 70.0. The van der Waals surface area contributed by atoms with Crippen LogP contribution in [0.3, 0.4) is 0 Å². The van der Waals surface area contributed by atoms with Crippen LogP contribution in [0.2, 0.25) is 0 Å². The topological polar surface area (TPSA) is 186 Å². The second kappa shape index (κ2) is 12.5. The summed E-state index contributed by atoms with van der Waals surface area (Å²) in [5.41, 5.74) is 1.67. The Bertz CT molecular complexity index is 1360. The van der Waals surface area contributed by atoms with Gasteiger partial charge in [0.2, 0.25) is 6.29 Å². The number of hydrogen-bond donors (Lipinski definition) is 7. The van der Waals surface area contributed by atoms with E-state index in [1.165, 1.54) is 48.5 Å². The Morgan fingerprint density at radius 3 is 2.08 bits per heavy atom. The van der Waals surface area contributed by atoms with Gasteiger partial charge in [-0.05, 0) is 59.2 Å². The van der Waals surface area contributed by atoms with Crippen LogP contribution in [0, 0.1) is 0 Å². The molecule has 1 fully saturated rings. The standard InChI is InChI=1S/C29H28O11/c30-19-7-3-16(4-8-19)6-10-25(34)38-15-24-26(35)27(36)28(37)29(40-24)39-23-13-17(5-9-22(23)33)1-2-18-11-20(31)14-21(32)12-18/h1-14,24,26-33,35-37H,15H2/b2-1+,10-6+/t24-,26-,27+,28-,29-/m1/s1. The molecule has 3 aromatic carbocycles. The zero-order valence-corrected chi connectivity index (χ0v) is 20.9. The van der Waals surface area contributed by atoms with Crippen LogP contribution in [0.1, 0.15) is 16.7 Å². The van der Waals surface area contributed by atoms with Crippen molar-refractivity contribution in [3.63, 3.8) is 0 Å². The van der Waals surface area contributed by atoms with E-state index in [0.29, 0.717) is 16.7 Å². The molecular weight excluding hydrogens is 524 g/mol. The molecule has 0 aliphatic carbocycles. The molecule has 11 nitrogen and oxygen atoms in total. The highest BCUT2D eigenvalue weighted by molar-refractivity contribution is 5.87. The van der Waals surface area contributed by atoms with E-state index < -0.39 is 43.3 Å². The van der Waals surface area contributed by atoms with Gasteiger partial charge in [0.05, 0.1) is 0 Å². The molecule has 0 radical (unpaired) electrons. The van der Waals surface area contributed by atoms with Gasteiger partial charge in [0.15, 0.2) is 11.5 Å². The minimum absolute atomic E-state index is 0.0756. The lowest BCUT2D eigenvalue weighted by Gasteiger charge is -2.39. The fourth-order valence-corrected chi connectivity index (χ4v) is 3.87. The van der Waals surface area contributed by atoms with Crippen LogP contribution >= 0.6 is 0 Å². The first-order valence-electron chi connectivity index (χ1n) is 12.1. The van der Waals surface area contributed by atoms with E-state index in [2.05, 4.69) is 0 Å². The molecule has 4 rings (SSSR count). The van der Waals surface area contributed by atoms with E-state index in [9.17, 15) is 40.5 Å². The predicted octanol–water partition coefficient (Wildman–Crippen LogP) is 2.12. The van der Waals surface area contributed by atoms with Crippen LogP contribution in [-0.2, 0) is 14.3 Å². The molecule has 1 aliphatic rings. The number of rotatable bonds is 8. The van der Waals surface area contributed by atoms with E-state index in [4.69, 9.17) is 14.2 Å².